The largest absolute Gasteiger partial charge is 0.486 e. The second-order valence-electron chi connectivity index (χ2n) is 6.28. The first-order valence-corrected chi connectivity index (χ1v) is 9.04. The summed E-state index contributed by atoms with van der Waals surface area (Å²) in [5.74, 6) is 1.94. The van der Waals surface area contributed by atoms with Gasteiger partial charge in [-0.2, -0.15) is 0 Å². The lowest BCUT2D eigenvalue weighted by atomic mass is 10.1. The number of amides is 1. The summed E-state index contributed by atoms with van der Waals surface area (Å²) in [4.78, 5) is 16.7. The first kappa shape index (κ1) is 16.8. The smallest absolute Gasteiger partial charge is 0.226 e. The van der Waals surface area contributed by atoms with Gasteiger partial charge in [-0.05, 0) is 31.0 Å². The van der Waals surface area contributed by atoms with E-state index in [9.17, 15) is 4.79 Å². The van der Waals surface area contributed by atoms with Crippen LogP contribution in [0.5, 0.6) is 11.5 Å². The fraction of sp³-hybridized carbons (Fsp3) is 0.444. The molecule has 1 aromatic heterocycles. The summed E-state index contributed by atoms with van der Waals surface area (Å²) in [6, 6.07) is 5.98. The average molecular weight is 346 g/mol. The minimum absolute atomic E-state index is 0.00947. The highest BCUT2D eigenvalue weighted by molar-refractivity contribution is 7.13. The highest BCUT2D eigenvalue weighted by Gasteiger charge is 2.16. The SMILES string of the molecule is CC(C)C(C)NC(=O)Cc1csc(-c2ccc3c(c2)OCCO3)n1. The second kappa shape index (κ2) is 7.21. The van der Waals surface area contributed by atoms with Crippen molar-refractivity contribution in [2.75, 3.05) is 13.2 Å². The minimum Gasteiger partial charge on any atom is -0.486 e. The molecule has 0 saturated carbocycles. The van der Waals surface area contributed by atoms with Crippen molar-refractivity contribution in [3.63, 3.8) is 0 Å². The van der Waals surface area contributed by atoms with Gasteiger partial charge >= 0.3 is 0 Å². The van der Waals surface area contributed by atoms with E-state index in [1.807, 2.05) is 30.5 Å². The zero-order chi connectivity index (χ0) is 17.1. The molecule has 1 aromatic carbocycles. The van der Waals surface area contributed by atoms with Crippen LogP contribution in [0.3, 0.4) is 0 Å². The third-order valence-corrected chi connectivity index (χ3v) is 5.01. The zero-order valence-corrected chi connectivity index (χ0v) is 15.0. The van der Waals surface area contributed by atoms with E-state index in [2.05, 4.69) is 24.1 Å². The van der Waals surface area contributed by atoms with E-state index in [-0.39, 0.29) is 11.9 Å². The Labute approximate surface area is 146 Å². The monoisotopic (exact) mass is 346 g/mol. The molecule has 0 bridgehead atoms. The van der Waals surface area contributed by atoms with Crippen molar-refractivity contribution in [1.82, 2.24) is 10.3 Å². The van der Waals surface area contributed by atoms with E-state index in [0.29, 0.717) is 25.6 Å². The van der Waals surface area contributed by atoms with Gasteiger partial charge in [-0.25, -0.2) is 4.98 Å². The summed E-state index contributed by atoms with van der Waals surface area (Å²) in [6.45, 7) is 7.34. The predicted molar refractivity (Wildman–Crippen MR) is 94.7 cm³/mol. The predicted octanol–water partition coefficient (Wildman–Crippen LogP) is 3.28. The number of hydrogen-bond acceptors (Lipinski definition) is 5. The molecule has 0 spiro atoms. The van der Waals surface area contributed by atoms with Crippen LogP contribution in [0.4, 0.5) is 0 Å². The third-order valence-electron chi connectivity index (χ3n) is 4.07. The van der Waals surface area contributed by atoms with Crippen molar-refractivity contribution in [1.29, 1.82) is 0 Å². The van der Waals surface area contributed by atoms with Gasteiger partial charge in [0.2, 0.25) is 5.91 Å². The van der Waals surface area contributed by atoms with E-state index in [1.165, 1.54) is 11.3 Å². The Morgan fingerprint density at radius 1 is 1.25 bits per heavy atom. The topological polar surface area (TPSA) is 60.5 Å². The first-order valence-electron chi connectivity index (χ1n) is 8.16. The molecule has 1 aliphatic heterocycles. The maximum absolute atomic E-state index is 12.1. The van der Waals surface area contributed by atoms with Crippen LogP contribution in [0, 0.1) is 5.92 Å². The Morgan fingerprint density at radius 2 is 2.00 bits per heavy atom. The van der Waals surface area contributed by atoms with Gasteiger partial charge in [0.15, 0.2) is 11.5 Å². The maximum Gasteiger partial charge on any atom is 0.226 e. The van der Waals surface area contributed by atoms with Crippen molar-refractivity contribution in [2.24, 2.45) is 5.92 Å². The lowest BCUT2D eigenvalue weighted by molar-refractivity contribution is -0.121. The highest BCUT2D eigenvalue weighted by atomic mass is 32.1. The molecule has 0 fully saturated rings. The molecule has 128 valence electrons. The van der Waals surface area contributed by atoms with Crippen LogP contribution in [0.1, 0.15) is 26.5 Å². The maximum atomic E-state index is 12.1. The van der Waals surface area contributed by atoms with Crippen molar-refractivity contribution in [3.8, 4) is 22.1 Å². The fourth-order valence-electron chi connectivity index (χ4n) is 2.33. The third kappa shape index (κ3) is 3.87. The van der Waals surface area contributed by atoms with Crippen molar-refractivity contribution < 1.29 is 14.3 Å². The van der Waals surface area contributed by atoms with Gasteiger partial charge in [0.1, 0.15) is 18.2 Å². The van der Waals surface area contributed by atoms with Crippen molar-refractivity contribution >= 4 is 17.2 Å². The average Bonchev–Trinajstić information content (AvgIpc) is 3.02. The summed E-state index contributed by atoms with van der Waals surface area (Å²) in [5.41, 5.74) is 1.77. The van der Waals surface area contributed by atoms with Gasteiger partial charge < -0.3 is 14.8 Å². The van der Waals surface area contributed by atoms with E-state index in [0.717, 1.165) is 27.8 Å². The molecule has 1 amide bonds. The van der Waals surface area contributed by atoms with Crippen LogP contribution in [0.15, 0.2) is 23.6 Å². The van der Waals surface area contributed by atoms with Crippen LogP contribution in [0.25, 0.3) is 10.6 Å². The van der Waals surface area contributed by atoms with Crippen molar-refractivity contribution in [2.45, 2.75) is 33.2 Å². The van der Waals surface area contributed by atoms with Gasteiger partial charge in [-0.1, -0.05) is 13.8 Å². The number of nitrogens with one attached hydrogen (secondary N) is 1. The molecular weight excluding hydrogens is 324 g/mol. The number of carbonyl (C=O) groups is 1. The highest BCUT2D eigenvalue weighted by Crippen LogP contribution is 2.35. The summed E-state index contributed by atoms with van der Waals surface area (Å²) < 4.78 is 11.1. The molecule has 1 atom stereocenters. The normalized spacial score (nSPS) is 14.5. The molecule has 1 unspecified atom stereocenters. The molecule has 24 heavy (non-hydrogen) atoms. The minimum atomic E-state index is 0.00947. The van der Waals surface area contributed by atoms with E-state index < -0.39 is 0 Å². The van der Waals surface area contributed by atoms with Crippen LogP contribution < -0.4 is 14.8 Å². The van der Waals surface area contributed by atoms with Crippen LogP contribution in [-0.4, -0.2) is 30.1 Å². The zero-order valence-electron chi connectivity index (χ0n) is 14.2. The Kier molecular flexibility index (Phi) is 5.04. The van der Waals surface area contributed by atoms with Crippen LogP contribution >= 0.6 is 11.3 Å². The lowest BCUT2D eigenvalue weighted by Gasteiger charge is -2.18. The molecular formula is C18H22N2O3S. The van der Waals surface area contributed by atoms with Crippen LogP contribution in [0.2, 0.25) is 0 Å². The molecule has 3 rings (SSSR count). The van der Waals surface area contributed by atoms with Crippen molar-refractivity contribution in [3.05, 3.63) is 29.3 Å². The molecule has 5 nitrogen and oxygen atoms in total. The van der Waals surface area contributed by atoms with E-state index >= 15 is 0 Å². The standard InChI is InChI=1S/C18H22N2O3S/c1-11(2)12(3)19-17(21)9-14-10-24-18(20-14)13-4-5-15-16(8-13)23-7-6-22-15/h4-5,8,10-12H,6-7,9H2,1-3H3,(H,19,21). The molecule has 0 aliphatic carbocycles. The Morgan fingerprint density at radius 3 is 2.75 bits per heavy atom. The summed E-state index contributed by atoms with van der Waals surface area (Å²) in [5, 5.41) is 5.82. The number of thiazole rings is 1. The molecule has 0 radical (unpaired) electrons. The quantitative estimate of drug-likeness (QED) is 0.902. The Hall–Kier alpha value is -2.08. The Balaban J connectivity index is 1.68. The molecule has 0 saturated heterocycles. The van der Waals surface area contributed by atoms with Crippen LogP contribution in [-0.2, 0) is 11.2 Å². The van der Waals surface area contributed by atoms with Gasteiger partial charge in [-0.15, -0.1) is 11.3 Å². The molecule has 2 heterocycles. The fourth-order valence-corrected chi connectivity index (χ4v) is 3.15. The van der Waals surface area contributed by atoms with E-state index in [4.69, 9.17) is 9.47 Å². The second-order valence-corrected chi connectivity index (χ2v) is 7.14. The number of benzene rings is 1. The van der Waals surface area contributed by atoms with Gasteiger partial charge in [0, 0.05) is 17.0 Å². The number of nitrogens with zero attached hydrogens (tertiary/aromatic N) is 1. The summed E-state index contributed by atoms with van der Waals surface area (Å²) >= 11 is 1.53. The molecule has 2 aromatic rings. The molecule has 6 heteroatoms. The number of hydrogen-bond donors (Lipinski definition) is 1. The number of fused-ring (bicyclic) bond motifs is 1. The summed E-state index contributed by atoms with van der Waals surface area (Å²) in [7, 11) is 0. The molecule has 1 aliphatic rings. The van der Waals surface area contributed by atoms with Gasteiger partial charge in [0.25, 0.3) is 0 Å². The molecule has 1 N–H and O–H groups in total. The first-order chi connectivity index (χ1) is 11.5. The number of carbonyl (C=O) groups excluding carboxylic acids is 1. The van der Waals surface area contributed by atoms with Gasteiger partial charge in [0.05, 0.1) is 12.1 Å². The lowest BCUT2D eigenvalue weighted by Crippen LogP contribution is -2.37. The van der Waals surface area contributed by atoms with Gasteiger partial charge in [-0.3, -0.25) is 4.79 Å². The number of ether oxygens (including phenoxy) is 2. The van der Waals surface area contributed by atoms with E-state index in [1.54, 1.807) is 0 Å². The number of rotatable bonds is 5. The summed E-state index contributed by atoms with van der Waals surface area (Å²) in [6.07, 6.45) is 0.304. The number of aromatic nitrogens is 1. The Bertz CT molecular complexity index is 727.